The molecule has 27 heavy (non-hydrogen) atoms. The molecule has 0 radical (unpaired) electrons. The van der Waals surface area contributed by atoms with Crippen molar-refractivity contribution in [2.75, 3.05) is 57.3 Å². The fourth-order valence-corrected chi connectivity index (χ4v) is 3.92. The molecule has 7 heteroatoms. The van der Waals surface area contributed by atoms with Crippen molar-refractivity contribution in [2.45, 2.75) is 26.2 Å². The van der Waals surface area contributed by atoms with Gasteiger partial charge in [0.15, 0.2) is 5.96 Å². The molecule has 2 aliphatic rings. The second-order valence-corrected chi connectivity index (χ2v) is 7.59. The first-order valence-electron chi connectivity index (χ1n) is 9.89. The van der Waals surface area contributed by atoms with Crippen LogP contribution in [0.4, 0.5) is 10.1 Å². The lowest BCUT2D eigenvalue weighted by atomic mass is 10.0. The summed E-state index contributed by atoms with van der Waals surface area (Å²) in [6.07, 6.45) is 3.76. The summed E-state index contributed by atoms with van der Waals surface area (Å²) in [6.45, 7) is 10.2. The number of aliphatic imine (C=N–C) groups is 1. The second-order valence-electron chi connectivity index (χ2n) is 7.59. The Hall–Kier alpha value is -1.09. The Morgan fingerprint density at radius 3 is 2.52 bits per heavy atom. The molecule has 5 nitrogen and oxygen atoms in total. The summed E-state index contributed by atoms with van der Waals surface area (Å²) < 4.78 is 13.0. The number of nitrogens with two attached hydrogens (primary N) is 1. The first-order valence-corrected chi connectivity index (χ1v) is 9.89. The minimum absolute atomic E-state index is 0. The van der Waals surface area contributed by atoms with Gasteiger partial charge in [-0.2, -0.15) is 0 Å². The third-order valence-corrected chi connectivity index (χ3v) is 5.44. The average molecular weight is 489 g/mol. The number of hydrogen-bond acceptors (Lipinski definition) is 3. The third-order valence-electron chi connectivity index (χ3n) is 5.44. The fourth-order valence-electron chi connectivity index (χ4n) is 3.92. The van der Waals surface area contributed by atoms with E-state index in [-0.39, 0.29) is 29.8 Å². The van der Waals surface area contributed by atoms with Gasteiger partial charge in [-0.3, -0.25) is 4.99 Å². The van der Waals surface area contributed by atoms with E-state index in [1.54, 1.807) is 0 Å². The van der Waals surface area contributed by atoms with Crippen LogP contribution in [0.25, 0.3) is 0 Å². The van der Waals surface area contributed by atoms with Gasteiger partial charge in [-0.05, 0) is 62.5 Å². The molecule has 2 fully saturated rings. The molecule has 0 amide bonds. The number of piperidine rings is 1. The molecule has 0 saturated carbocycles. The Morgan fingerprint density at radius 2 is 1.85 bits per heavy atom. The smallest absolute Gasteiger partial charge is 0.191 e. The topological polar surface area (TPSA) is 48.1 Å². The Labute approximate surface area is 179 Å². The molecule has 2 heterocycles. The van der Waals surface area contributed by atoms with Crippen LogP contribution in [0.15, 0.2) is 29.3 Å². The van der Waals surface area contributed by atoms with E-state index in [0.717, 1.165) is 57.3 Å². The largest absolute Gasteiger partial charge is 0.370 e. The van der Waals surface area contributed by atoms with Crippen molar-refractivity contribution in [3.05, 3.63) is 30.1 Å². The van der Waals surface area contributed by atoms with Crippen LogP contribution in [-0.2, 0) is 0 Å². The monoisotopic (exact) mass is 489 g/mol. The van der Waals surface area contributed by atoms with Gasteiger partial charge in [-0.25, -0.2) is 4.39 Å². The maximum absolute atomic E-state index is 13.0. The van der Waals surface area contributed by atoms with E-state index in [1.807, 2.05) is 12.1 Å². The van der Waals surface area contributed by atoms with Crippen molar-refractivity contribution in [1.29, 1.82) is 0 Å². The number of benzene rings is 1. The Morgan fingerprint density at radius 1 is 1.15 bits per heavy atom. The zero-order chi connectivity index (χ0) is 18.4. The van der Waals surface area contributed by atoms with E-state index in [0.29, 0.717) is 5.96 Å². The highest BCUT2D eigenvalue weighted by Crippen LogP contribution is 2.17. The highest BCUT2D eigenvalue weighted by Gasteiger charge is 2.19. The predicted octanol–water partition coefficient (Wildman–Crippen LogP) is 3.00. The van der Waals surface area contributed by atoms with E-state index in [2.05, 4.69) is 26.6 Å². The fraction of sp³-hybridized carbons (Fsp3) is 0.650. The van der Waals surface area contributed by atoms with Crippen LogP contribution in [0.2, 0.25) is 0 Å². The van der Waals surface area contributed by atoms with Gasteiger partial charge >= 0.3 is 0 Å². The molecule has 0 aromatic heterocycles. The van der Waals surface area contributed by atoms with E-state index in [9.17, 15) is 4.39 Å². The molecule has 2 saturated heterocycles. The summed E-state index contributed by atoms with van der Waals surface area (Å²) in [5, 5.41) is 0. The van der Waals surface area contributed by atoms with Crippen LogP contribution >= 0.6 is 24.0 Å². The number of anilines is 1. The number of guanidine groups is 1. The van der Waals surface area contributed by atoms with E-state index < -0.39 is 0 Å². The molecule has 0 aliphatic carbocycles. The maximum atomic E-state index is 13.0. The van der Waals surface area contributed by atoms with Gasteiger partial charge in [-0.15, -0.1) is 24.0 Å². The van der Waals surface area contributed by atoms with Crippen LogP contribution in [0.3, 0.4) is 0 Å². The minimum atomic E-state index is -0.192. The number of hydrogen-bond donors (Lipinski definition) is 1. The number of piperazine rings is 1. The molecule has 2 N–H and O–H groups in total. The van der Waals surface area contributed by atoms with Gasteiger partial charge in [0.2, 0.25) is 0 Å². The van der Waals surface area contributed by atoms with E-state index in [1.165, 1.54) is 38.1 Å². The Balaban J connectivity index is 0.00000261. The summed E-state index contributed by atoms with van der Waals surface area (Å²) in [4.78, 5) is 11.6. The second kappa shape index (κ2) is 11.0. The number of nitrogens with zero attached hydrogens (tertiary/aromatic N) is 4. The van der Waals surface area contributed by atoms with Crippen molar-refractivity contribution in [2.24, 2.45) is 16.6 Å². The molecule has 0 bridgehead atoms. The predicted molar refractivity (Wildman–Crippen MR) is 122 cm³/mol. The molecular formula is C20H33FIN5. The molecule has 0 spiro atoms. The highest BCUT2D eigenvalue weighted by molar-refractivity contribution is 14.0. The minimum Gasteiger partial charge on any atom is -0.370 e. The summed E-state index contributed by atoms with van der Waals surface area (Å²) in [6, 6.07) is 6.70. The summed E-state index contributed by atoms with van der Waals surface area (Å²) in [5.41, 5.74) is 7.25. The standard InChI is InChI=1S/C20H32FN5.HI/c1-17-4-2-10-24(16-17)11-3-9-23-20(22)26-14-12-25(13-15-26)19-7-5-18(21)6-8-19;/h5-8,17H,2-4,9-16H2,1H3,(H2,22,23);1H. The van der Waals surface area contributed by atoms with Gasteiger partial charge in [0.1, 0.15) is 5.82 Å². The number of rotatable bonds is 5. The van der Waals surface area contributed by atoms with Crippen LogP contribution in [0.1, 0.15) is 26.2 Å². The molecule has 1 atom stereocenters. The number of likely N-dealkylation sites (tertiary alicyclic amines) is 1. The van der Waals surface area contributed by atoms with Crippen LogP contribution < -0.4 is 10.6 Å². The SMILES string of the molecule is CC1CCCN(CCCN=C(N)N2CCN(c3ccc(F)cc3)CC2)C1.I. The van der Waals surface area contributed by atoms with Crippen molar-refractivity contribution in [3.63, 3.8) is 0 Å². The summed E-state index contributed by atoms with van der Waals surface area (Å²) in [5.74, 6) is 1.30. The molecule has 3 rings (SSSR count). The van der Waals surface area contributed by atoms with Gasteiger partial charge < -0.3 is 20.4 Å². The lowest BCUT2D eigenvalue weighted by molar-refractivity contribution is 0.183. The molecule has 1 unspecified atom stereocenters. The van der Waals surface area contributed by atoms with Crippen LogP contribution in [0, 0.1) is 11.7 Å². The average Bonchev–Trinajstić information content (AvgIpc) is 2.66. The molecular weight excluding hydrogens is 456 g/mol. The third kappa shape index (κ3) is 6.78. The lowest BCUT2D eigenvalue weighted by Gasteiger charge is -2.36. The maximum Gasteiger partial charge on any atom is 0.191 e. The zero-order valence-electron chi connectivity index (χ0n) is 16.3. The van der Waals surface area contributed by atoms with Crippen molar-refractivity contribution in [3.8, 4) is 0 Å². The van der Waals surface area contributed by atoms with E-state index in [4.69, 9.17) is 5.73 Å². The first-order chi connectivity index (χ1) is 12.6. The summed E-state index contributed by atoms with van der Waals surface area (Å²) >= 11 is 0. The van der Waals surface area contributed by atoms with Crippen LogP contribution in [0.5, 0.6) is 0 Å². The van der Waals surface area contributed by atoms with Gasteiger partial charge in [0.05, 0.1) is 0 Å². The van der Waals surface area contributed by atoms with Crippen molar-refractivity contribution in [1.82, 2.24) is 9.80 Å². The van der Waals surface area contributed by atoms with Gasteiger partial charge in [0, 0.05) is 45.0 Å². The first kappa shape index (κ1) is 22.2. The molecule has 1 aromatic rings. The normalized spacial score (nSPS) is 21.9. The summed E-state index contributed by atoms with van der Waals surface area (Å²) in [7, 11) is 0. The van der Waals surface area contributed by atoms with Gasteiger partial charge in [0.25, 0.3) is 0 Å². The number of halogens is 2. The highest BCUT2D eigenvalue weighted by atomic mass is 127. The molecule has 2 aliphatic heterocycles. The zero-order valence-corrected chi connectivity index (χ0v) is 18.6. The van der Waals surface area contributed by atoms with E-state index >= 15 is 0 Å². The lowest BCUT2D eigenvalue weighted by Crippen LogP contribution is -2.51. The van der Waals surface area contributed by atoms with Crippen molar-refractivity contribution < 1.29 is 4.39 Å². The quantitative estimate of drug-likeness (QED) is 0.299. The van der Waals surface area contributed by atoms with Crippen molar-refractivity contribution >= 4 is 35.6 Å². The van der Waals surface area contributed by atoms with Gasteiger partial charge in [-0.1, -0.05) is 6.92 Å². The van der Waals surface area contributed by atoms with Crippen LogP contribution in [-0.4, -0.2) is 68.1 Å². The molecule has 152 valence electrons. The Bertz CT molecular complexity index is 587. The Kier molecular flexibility index (Phi) is 9.08. The molecule has 1 aromatic carbocycles.